The number of hydrogen-bond acceptors (Lipinski definition) is 5. The lowest BCUT2D eigenvalue weighted by Crippen LogP contribution is -2.52. The van der Waals surface area contributed by atoms with Crippen molar-refractivity contribution in [3.63, 3.8) is 0 Å². The second-order valence-electron chi connectivity index (χ2n) is 4.34. The molecule has 1 aromatic heterocycles. The largest absolute Gasteiger partial charge is 0.377 e. The summed E-state index contributed by atoms with van der Waals surface area (Å²) in [6.07, 6.45) is 3.96. The number of hydrogen-bond donors (Lipinski definition) is 2. The third-order valence-electron chi connectivity index (χ3n) is 3.06. The Labute approximate surface area is 104 Å². The molecule has 94 valence electrons. The van der Waals surface area contributed by atoms with Crippen molar-refractivity contribution in [1.82, 2.24) is 10.3 Å². The Kier molecular flexibility index (Phi) is 3.76. The Morgan fingerprint density at radius 2 is 2.65 bits per heavy atom. The zero-order valence-electron chi connectivity index (χ0n) is 9.81. The van der Waals surface area contributed by atoms with Gasteiger partial charge in [0.15, 0.2) is 0 Å². The van der Waals surface area contributed by atoms with Crippen molar-refractivity contribution in [1.29, 1.82) is 0 Å². The fourth-order valence-corrected chi connectivity index (χ4v) is 2.64. The predicted octanol–water partition coefficient (Wildman–Crippen LogP) is 0.612. The number of ether oxygens (including phenoxy) is 1. The van der Waals surface area contributed by atoms with Crippen LogP contribution >= 0.6 is 11.3 Å². The van der Waals surface area contributed by atoms with Crippen molar-refractivity contribution in [2.45, 2.75) is 31.4 Å². The standard InChI is InChI=1S/C11H17N3O2S/c1-11(9(12)15,10-13-4-6-17-10)14-7-8-3-2-5-16-8/h4,6,8,14H,2-3,5,7H2,1H3,(H2,12,15). The van der Waals surface area contributed by atoms with Crippen LogP contribution in [0.15, 0.2) is 11.6 Å². The summed E-state index contributed by atoms with van der Waals surface area (Å²) in [5.74, 6) is -0.412. The molecule has 1 aliphatic rings. The molecule has 1 aromatic rings. The van der Waals surface area contributed by atoms with E-state index in [1.807, 2.05) is 5.38 Å². The molecule has 2 heterocycles. The molecular formula is C11H17N3O2S. The van der Waals surface area contributed by atoms with Gasteiger partial charge >= 0.3 is 0 Å². The normalized spacial score (nSPS) is 23.5. The molecule has 2 unspecified atom stereocenters. The van der Waals surface area contributed by atoms with Crippen LogP contribution in [-0.2, 0) is 15.1 Å². The topological polar surface area (TPSA) is 77.2 Å². The molecular weight excluding hydrogens is 238 g/mol. The second-order valence-corrected chi connectivity index (χ2v) is 5.24. The number of nitrogens with two attached hydrogens (primary N) is 1. The van der Waals surface area contributed by atoms with Crippen molar-refractivity contribution in [3.8, 4) is 0 Å². The molecule has 0 spiro atoms. The van der Waals surface area contributed by atoms with Gasteiger partial charge in [0.05, 0.1) is 6.10 Å². The molecule has 2 atom stereocenters. The minimum atomic E-state index is -0.903. The van der Waals surface area contributed by atoms with Gasteiger partial charge in [0.2, 0.25) is 5.91 Å². The molecule has 3 N–H and O–H groups in total. The number of thiazole rings is 1. The van der Waals surface area contributed by atoms with Crippen molar-refractivity contribution >= 4 is 17.2 Å². The van der Waals surface area contributed by atoms with Crippen LogP contribution in [0.5, 0.6) is 0 Å². The van der Waals surface area contributed by atoms with Gasteiger partial charge in [0, 0.05) is 24.7 Å². The molecule has 0 aliphatic carbocycles. The molecule has 1 fully saturated rings. The molecule has 0 radical (unpaired) electrons. The summed E-state index contributed by atoms with van der Waals surface area (Å²) >= 11 is 1.43. The van der Waals surface area contributed by atoms with Gasteiger partial charge in [-0.05, 0) is 19.8 Å². The highest BCUT2D eigenvalue weighted by Crippen LogP contribution is 2.23. The Bertz CT molecular complexity index is 376. The van der Waals surface area contributed by atoms with Gasteiger partial charge in [-0.25, -0.2) is 4.98 Å². The van der Waals surface area contributed by atoms with Crippen LogP contribution in [-0.4, -0.2) is 30.1 Å². The maximum absolute atomic E-state index is 11.6. The van der Waals surface area contributed by atoms with E-state index in [4.69, 9.17) is 10.5 Å². The zero-order chi connectivity index (χ0) is 12.3. The molecule has 0 aromatic carbocycles. The third-order valence-corrected chi connectivity index (χ3v) is 4.05. The number of rotatable bonds is 5. The summed E-state index contributed by atoms with van der Waals surface area (Å²) in [5, 5.41) is 5.72. The molecule has 6 heteroatoms. The molecule has 1 saturated heterocycles. The molecule has 5 nitrogen and oxygen atoms in total. The van der Waals surface area contributed by atoms with E-state index < -0.39 is 11.4 Å². The van der Waals surface area contributed by atoms with E-state index >= 15 is 0 Å². The average Bonchev–Trinajstić information content (AvgIpc) is 2.98. The number of carbonyl (C=O) groups is 1. The summed E-state index contributed by atoms with van der Waals surface area (Å²) in [6.45, 7) is 3.19. The van der Waals surface area contributed by atoms with Crippen LogP contribution in [0.4, 0.5) is 0 Å². The van der Waals surface area contributed by atoms with Crippen LogP contribution < -0.4 is 11.1 Å². The first-order chi connectivity index (χ1) is 8.13. The zero-order valence-corrected chi connectivity index (χ0v) is 10.6. The molecule has 1 aliphatic heterocycles. The monoisotopic (exact) mass is 255 g/mol. The first kappa shape index (κ1) is 12.5. The van der Waals surface area contributed by atoms with E-state index in [1.165, 1.54) is 11.3 Å². The highest BCUT2D eigenvalue weighted by molar-refractivity contribution is 7.09. The number of nitrogens with zero attached hydrogens (tertiary/aromatic N) is 1. The minimum absolute atomic E-state index is 0.175. The van der Waals surface area contributed by atoms with Crippen molar-refractivity contribution in [2.24, 2.45) is 5.73 Å². The van der Waals surface area contributed by atoms with E-state index in [0.717, 1.165) is 19.4 Å². The summed E-state index contributed by atoms with van der Waals surface area (Å²) in [6, 6.07) is 0. The lowest BCUT2D eigenvalue weighted by Gasteiger charge is -2.26. The van der Waals surface area contributed by atoms with Gasteiger partial charge in [-0.2, -0.15) is 0 Å². The maximum Gasteiger partial charge on any atom is 0.244 e. The molecule has 17 heavy (non-hydrogen) atoms. The lowest BCUT2D eigenvalue weighted by atomic mass is 10.0. The summed E-state index contributed by atoms with van der Waals surface area (Å²) in [5.41, 5.74) is 4.57. The van der Waals surface area contributed by atoms with Gasteiger partial charge in [-0.15, -0.1) is 11.3 Å². The Morgan fingerprint density at radius 3 is 3.18 bits per heavy atom. The molecule has 2 rings (SSSR count). The van der Waals surface area contributed by atoms with Gasteiger partial charge in [-0.1, -0.05) is 0 Å². The van der Waals surface area contributed by atoms with Crippen LogP contribution in [0.2, 0.25) is 0 Å². The Balaban J connectivity index is 2.04. The van der Waals surface area contributed by atoms with Gasteiger partial charge in [0.25, 0.3) is 0 Å². The first-order valence-corrected chi connectivity index (χ1v) is 6.57. The van der Waals surface area contributed by atoms with E-state index in [0.29, 0.717) is 11.6 Å². The number of primary amides is 1. The number of nitrogens with one attached hydrogen (secondary N) is 1. The van der Waals surface area contributed by atoms with Crippen molar-refractivity contribution in [2.75, 3.05) is 13.2 Å². The van der Waals surface area contributed by atoms with Gasteiger partial charge in [-0.3, -0.25) is 10.1 Å². The Morgan fingerprint density at radius 1 is 1.82 bits per heavy atom. The van der Waals surface area contributed by atoms with Crippen molar-refractivity contribution < 1.29 is 9.53 Å². The van der Waals surface area contributed by atoms with Gasteiger partial charge in [0.1, 0.15) is 10.5 Å². The molecule has 1 amide bonds. The second kappa shape index (κ2) is 5.12. The average molecular weight is 255 g/mol. The highest BCUT2D eigenvalue weighted by Gasteiger charge is 2.36. The highest BCUT2D eigenvalue weighted by atomic mass is 32.1. The van der Waals surface area contributed by atoms with E-state index in [2.05, 4.69) is 10.3 Å². The SMILES string of the molecule is CC(NCC1CCCO1)(C(N)=O)c1nccs1. The fraction of sp³-hybridized carbons (Fsp3) is 0.636. The van der Waals surface area contributed by atoms with E-state index in [1.54, 1.807) is 13.1 Å². The van der Waals surface area contributed by atoms with E-state index in [-0.39, 0.29) is 6.10 Å². The van der Waals surface area contributed by atoms with Crippen LogP contribution in [0.3, 0.4) is 0 Å². The molecule has 0 saturated carbocycles. The molecule has 0 bridgehead atoms. The van der Waals surface area contributed by atoms with Crippen LogP contribution in [0, 0.1) is 0 Å². The number of amides is 1. The number of aromatic nitrogens is 1. The lowest BCUT2D eigenvalue weighted by molar-refractivity contribution is -0.124. The fourth-order valence-electron chi connectivity index (χ4n) is 1.86. The smallest absolute Gasteiger partial charge is 0.244 e. The Hall–Kier alpha value is -0.980. The minimum Gasteiger partial charge on any atom is -0.377 e. The summed E-state index contributed by atoms with van der Waals surface area (Å²) < 4.78 is 5.51. The number of carbonyl (C=O) groups excluding carboxylic acids is 1. The first-order valence-electron chi connectivity index (χ1n) is 5.69. The van der Waals surface area contributed by atoms with Crippen LogP contribution in [0.25, 0.3) is 0 Å². The quantitative estimate of drug-likeness (QED) is 0.808. The van der Waals surface area contributed by atoms with Crippen molar-refractivity contribution in [3.05, 3.63) is 16.6 Å². The van der Waals surface area contributed by atoms with E-state index in [9.17, 15) is 4.79 Å². The van der Waals surface area contributed by atoms with Crippen LogP contribution in [0.1, 0.15) is 24.8 Å². The summed E-state index contributed by atoms with van der Waals surface area (Å²) in [4.78, 5) is 15.8. The third kappa shape index (κ3) is 2.65. The predicted molar refractivity (Wildman–Crippen MR) is 65.6 cm³/mol. The summed E-state index contributed by atoms with van der Waals surface area (Å²) in [7, 11) is 0. The van der Waals surface area contributed by atoms with Gasteiger partial charge < -0.3 is 10.5 Å². The maximum atomic E-state index is 11.6.